The molecule has 0 spiro atoms. The summed E-state index contributed by atoms with van der Waals surface area (Å²) in [5.74, 6) is 0. The fraction of sp³-hybridized carbons (Fsp3) is 0.625. The summed E-state index contributed by atoms with van der Waals surface area (Å²) in [6, 6.07) is 9.21. The average molecular weight is 837 g/mol. The Hall–Kier alpha value is -1.02. The minimum absolute atomic E-state index is 1.23. The zero-order valence-electron chi connectivity index (χ0n) is 33.7. The van der Waals surface area contributed by atoms with Gasteiger partial charge in [0.2, 0.25) is 0 Å². The van der Waals surface area contributed by atoms with Crippen LogP contribution in [-0.4, -0.2) is 0 Å². The van der Waals surface area contributed by atoms with Crippen LogP contribution in [0.5, 0.6) is 0 Å². The maximum atomic E-state index is 2.36. The summed E-state index contributed by atoms with van der Waals surface area (Å²) < 4.78 is 9.55. The fourth-order valence-electron chi connectivity index (χ4n) is 8.32. The summed E-state index contributed by atoms with van der Waals surface area (Å²) in [7, 11) is 0. The predicted octanol–water partition coefficient (Wildman–Crippen LogP) is 20.1. The number of fused-ring (bicyclic) bond motifs is 5. The zero-order valence-corrected chi connectivity index (χ0v) is 38.6. The van der Waals surface area contributed by atoms with Crippen LogP contribution in [0.2, 0.25) is 0 Å². The first-order valence-electron chi connectivity index (χ1n) is 22.3. The van der Waals surface area contributed by atoms with Gasteiger partial charge in [0, 0.05) is 19.5 Å². The molecule has 0 radical (unpaired) electrons. The molecule has 54 heavy (non-hydrogen) atoms. The lowest BCUT2D eigenvalue weighted by Gasteiger charge is -2.05. The Labute approximate surface area is 352 Å². The summed E-state index contributed by atoms with van der Waals surface area (Å²) in [6.07, 6.45) is 39.4. The van der Waals surface area contributed by atoms with Gasteiger partial charge in [-0.1, -0.05) is 180 Å². The van der Waals surface area contributed by atoms with E-state index in [0.717, 1.165) is 0 Å². The van der Waals surface area contributed by atoms with Crippen LogP contribution < -0.4 is 0 Å². The predicted molar refractivity (Wildman–Crippen MR) is 256 cm³/mol. The largest absolute Gasteiger partial charge is 0.143 e. The maximum Gasteiger partial charge on any atom is 0.0651 e. The number of hydrogen-bond donors (Lipinski definition) is 0. The Balaban J connectivity index is 1.05. The number of hydrogen-bond acceptors (Lipinski definition) is 6. The summed E-state index contributed by atoms with van der Waals surface area (Å²) in [5.41, 5.74) is 3.31. The molecule has 296 valence electrons. The van der Waals surface area contributed by atoms with Gasteiger partial charge in [-0.2, -0.15) is 0 Å². The molecule has 6 heteroatoms. The van der Waals surface area contributed by atoms with Gasteiger partial charge in [0.05, 0.1) is 28.2 Å². The SMILES string of the molecule is CCCCCCCCCCCCCCCc1c(-c2cccs2)sc2c1sc1c3sc(-c4cccs4)c(CCCCCCCCCCCCCCC)c3sc21. The van der Waals surface area contributed by atoms with Crippen LogP contribution in [0.4, 0.5) is 0 Å². The fourth-order valence-corrected chi connectivity index (χ4v) is 16.3. The number of rotatable bonds is 30. The zero-order chi connectivity index (χ0) is 37.2. The van der Waals surface area contributed by atoms with Crippen LogP contribution in [0, 0.1) is 0 Å². The van der Waals surface area contributed by atoms with Crippen LogP contribution in [0.3, 0.4) is 0 Å². The Kier molecular flexibility index (Phi) is 18.9. The number of aryl methyl sites for hydroxylation is 2. The highest BCUT2D eigenvalue weighted by molar-refractivity contribution is 7.46. The molecule has 0 N–H and O–H groups in total. The van der Waals surface area contributed by atoms with Crippen molar-refractivity contribution in [1.82, 2.24) is 0 Å². The molecule has 0 bridgehead atoms. The molecule has 0 saturated heterocycles. The average Bonchev–Trinajstić information content (AvgIpc) is 4.04. The lowest BCUT2D eigenvalue weighted by atomic mass is 10.0. The molecule has 0 atom stereocenters. The normalized spacial score (nSPS) is 12.1. The van der Waals surface area contributed by atoms with Gasteiger partial charge in [0.15, 0.2) is 0 Å². The quantitative estimate of drug-likeness (QED) is 0.0397. The third-order valence-electron chi connectivity index (χ3n) is 11.5. The van der Waals surface area contributed by atoms with Crippen molar-refractivity contribution in [1.29, 1.82) is 0 Å². The topological polar surface area (TPSA) is 0 Å². The van der Waals surface area contributed by atoms with E-state index >= 15 is 0 Å². The third-order valence-corrected chi connectivity index (χ3v) is 19.3. The summed E-state index contributed by atoms with van der Waals surface area (Å²) >= 11 is 12.3. The van der Waals surface area contributed by atoms with Crippen molar-refractivity contribution in [3.05, 3.63) is 46.2 Å². The smallest absolute Gasteiger partial charge is 0.0651 e. The van der Waals surface area contributed by atoms with Crippen LogP contribution in [0.15, 0.2) is 35.0 Å². The van der Waals surface area contributed by atoms with Gasteiger partial charge < -0.3 is 0 Å². The van der Waals surface area contributed by atoms with Crippen LogP contribution in [0.1, 0.15) is 192 Å². The molecule has 0 aliphatic heterocycles. The second kappa shape index (κ2) is 24.0. The second-order valence-corrected chi connectivity index (χ2v) is 21.9. The highest BCUT2D eigenvalue weighted by atomic mass is 32.1. The van der Waals surface area contributed by atoms with Gasteiger partial charge in [-0.15, -0.1) is 68.0 Å². The lowest BCUT2D eigenvalue weighted by Crippen LogP contribution is -1.87. The lowest BCUT2D eigenvalue weighted by molar-refractivity contribution is 0.539. The summed E-state index contributed by atoms with van der Waals surface area (Å²) in [5, 5.41) is 4.54. The van der Waals surface area contributed by atoms with Crippen LogP contribution in [-0.2, 0) is 12.8 Å². The van der Waals surface area contributed by atoms with Gasteiger partial charge in [0.1, 0.15) is 0 Å². The Morgan fingerprint density at radius 3 is 0.926 bits per heavy atom. The molecular weight excluding hydrogens is 769 g/mol. The Bertz CT molecular complexity index is 1720. The van der Waals surface area contributed by atoms with Gasteiger partial charge in [-0.3, -0.25) is 0 Å². The molecule has 0 saturated carbocycles. The van der Waals surface area contributed by atoms with Crippen molar-refractivity contribution < 1.29 is 0 Å². The number of unbranched alkanes of at least 4 members (excludes halogenated alkanes) is 24. The van der Waals surface area contributed by atoms with E-state index in [4.69, 9.17) is 0 Å². The van der Waals surface area contributed by atoms with Gasteiger partial charge in [-0.25, -0.2) is 0 Å². The standard InChI is InChI=1S/C48H68S6/c1-3-5-7-9-11-13-15-17-19-21-23-25-27-31-37-41(39-33-29-35-49-39)51-45-43(37)53-48-46-44(54-47(45)48)38(42(52-46)40-34-30-36-50-40)32-28-26-24-22-20-18-16-14-12-10-8-6-4-2/h29-30,33-36H,3-28,31-32H2,1-2H3. The third kappa shape index (κ3) is 12.0. The molecule has 6 aromatic heterocycles. The minimum atomic E-state index is 1.23. The highest BCUT2D eigenvalue weighted by Crippen LogP contribution is 2.56. The van der Waals surface area contributed by atoms with E-state index in [9.17, 15) is 0 Å². The van der Waals surface area contributed by atoms with Crippen LogP contribution >= 0.6 is 68.0 Å². The molecule has 0 aromatic carbocycles. The van der Waals surface area contributed by atoms with Crippen molar-refractivity contribution in [2.45, 2.75) is 194 Å². The maximum absolute atomic E-state index is 2.36. The molecule has 6 aromatic rings. The Morgan fingerprint density at radius 1 is 0.333 bits per heavy atom. The Morgan fingerprint density at radius 2 is 0.630 bits per heavy atom. The van der Waals surface area contributed by atoms with Crippen molar-refractivity contribution >= 4 is 96.2 Å². The second-order valence-electron chi connectivity index (χ2n) is 15.9. The molecule has 0 amide bonds. The molecule has 0 unspecified atom stereocenters. The first-order valence-corrected chi connectivity index (χ1v) is 27.3. The van der Waals surface area contributed by atoms with Crippen molar-refractivity contribution in [3.8, 4) is 19.5 Å². The molecule has 0 aliphatic rings. The van der Waals surface area contributed by atoms with E-state index in [1.807, 2.05) is 22.7 Å². The highest BCUT2D eigenvalue weighted by Gasteiger charge is 2.25. The van der Waals surface area contributed by atoms with E-state index < -0.39 is 0 Å². The van der Waals surface area contributed by atoms with E-state index in [1.54, 1.807) is 49.1 Å². The van der Waals surface area contributed by atoms with Crippen molar-refractivity contribution in [3.63, 3.8) is 0 Å². The molecule has 0 nitrogen and oxygen atoms in total. The summed E-state index contributed by atoms with van der Waals surface area (Å²) in [4.78, 5) is 6.08. The van der Waals surface area contributed by atoms with Gasteiger partial charge in [0.25, 0.3) is 0 Å². The molecule has 0 fully saturated rings. The summed E-state index contributed by atoms with van der Waals surface area (Å²) in [6.45, 7) is 4.62. The van der Waals surface area contributed by atoms with Crippen LogP contribution in [0.25, 0.3) is 47.7 Å². The van der Waals surface area contributed by atoms with E-state index in [-0.39, 0.29) is 0 Å². The van der Waals surface area contributed by atoms with Gasteiger partial charge >= 0.3 is 0 Å². The first-order chi connectivity index (χ1) is 26.8. The van der Waals surface area contributed by atoms with Crippen molar-refractivity contribution in [2.24, 2.45) is 0 Å². The molecule has 0 aliphatic carbocycles. The van der Waals surface area contributed by atoms with Crippen molar-refractivity contribution in [2.75, 3.05) is 0 Å². The van der Waals surface area contributed by atoms with E-state index in [1.165, 1.54) is 190 Å². The molecule has 6 rings (SSSR count). The molecule has 6 heterocycles. The van der Waals surface area contributed by atoms with E-state index in [2.05, 4.69) is 94.2 Å². The van der Waals surface area contributed by atoms with Gasteiger partial charge in [-0.05, 0) is 59.7 Å². The minimum Gasteiger partial charge on any atom is -0.143 e. The van der Waals surface area contributed by atoms with E-state index in [0.29, 0.717) is 0 Å². The monoisotopic (exact) mass is 836 g/mol. The molecular formula is C48H68S6. The number of thiophene rings is 6. The first kappa shape index (κ1) is 42.6.